The van der Waals surface area contributed by atoms with E-state index in [1.54, 1.807) is 53.4 Å². The second-order valence-corrected chi connectivity index (χ2v) is 13.8. The number of non-ortho nitro benzene ring substituents is 1. The summed E-state index contributed by atoms with van der Waals surface area (Å²) in [6, 6.07) is 35.1. The number of amides is 1. The number of para-hydroxylation sites is 1. The largest absolute Gasteiger partial charge is 0.335 e. The molecule has 9 nitrogen and oxygen atoms in total. The number of nitro groups is 1. The number of hydrogen-bond donors (Lipinski definition) is 0. The van der Waals surface area contributed by atoms with Gasteiger partial charge in [0.25, 0.3) is 11.6 Å². The fraction of sp³-hybridized carbons (Fsp3) is 0.162. The summed E-state index contributed by atoms with van der Waals surface area (Å²) < 4.78 is 38.0. The highest BCUT2D eigenvalue weighted by molar-refractivity contribution is 7.89. The first-order chi connectivity index (χ1) is 22.6. The molecule has 0 saturated carbocycles. The molecule has 7 rings (SSSR count). The number of aryl methyl sites for hydroxylation is 2. The monoisotopic (exact) mass is 645 g/mol. The first kappa shape index (κ1) is 30.5. The molecule has 0 radical (unpaired) electrons. The van der Waals surface area contributed by atoms with Gasteiger partial charge in [0, 0.05) is 17.7 Å². The predicted molar refractivity (Wildman–Crippen MR) is 177 cm³/mol. The van der Waals surface area contributed by atoms with Crippen molar-refractivity contribution in [1.82, 2.24) is 4.31 Å². The Balaban J connectivity index is 1.50. The van der Waals surface area contributed by atoms with Crippen LogP contribution in [0.25, 0.3) is 0 Å². The van der Waals surface area contributed by atoms with E-state index in [4.69, 9.17) is 4.74 Å². The molecule has 1 saturated heterocycles. The number of carbonyl (C=O) groups excluding carboxylic acids is 1. The van der Waals surface area contributed by atoms with E-state index in [0.717, 1.165) is 16.7 Å². The molecule has 3 atom stereocenters. The van der Waals surface area contributed by atoms with Gasteiger partial charge in [-0.15, -0.1) is 0 Å². The summed E-state index contributed by atoms with van der Waals surface area (Å²) >= 11 is 0. The average Bonchev–Trinajstić information content (AvgIpc) is 3.56. The van der Waals surface area contributed by atoms with E-state index in [9.17, 15) is 18.5 Å². The molecule has 2 aliphatic rings. The molecule has 5 aromatic rings. The third-order valence-electron chi connectivity index (χ3n) is 8.89. The van der Waals surface area contributed by atoms with Crippen LogP contribution in [-0.2, 0) is 31.7 Å². The average molecular weight is 646 g/mol. The number of hydrogen-bond acceptors (Lipinski definition) is 6. The van der Waals surface area contributed by atoms with E-state index in [1.165, 1.54) is 28.6 Å². The zero-order valence-electron chi connectivity index (χ0n) is 25.7. The first-order valence-corrected chi connectivity index (χ1v) is 16.6. The summed E-state index contributed by atoms with van der Waals surface area (Å²) in [7, 11) is -4.35. The molecule has 0 bridgehead atoms. The van der Waals surface area contributed by atoms with Gasteiger partial charge in [-0.1, -0.05) is 108 Å². The third kappa shape index (κ3) is 5.01. The van der Waals surface area contributed by atoms with Crippen LogP contribution in [0.5, 0.6) is 0 Å². The topological polar surface area (TPSA) is 110 Å². The highest BCUT2D eigenvalue weighted by Gasteiger charge is 2.68. The maximum absolute atomic E-state index is 15.1. The molecule has 2 aliphatic heterocycles. The van der Waals surface area contributed by atoms with E-state index < -0.39 is 38.7 Å². The fourth-order valence-corrected chi connectivity index (χ4v) is 8.25. The van der Waals surface area contributed by atoms with E-state index in [0.29, 0.717) is 22.4 Å². The first-order valence-electron chi connectivity index (χ1n) is 15.2. The molecule has 0 unspecified atom stereocenters. The maximum atomic E-state index is 15.1. The summed E-state index contributed by atoms with van der Waals surface area (Å²) in [4.78, 5) is 27.9. The number of sulfonamides is 1. The number of ether oxygens (including phenoxy) is 1. The number of fused-ring (bicyclic) bond motifs is 2. The van der Waals surface area contributed by atoms with Crippen molar-refractivity contribution in [3.8, 4) is 0 Å². The van der Waals surface area contributed by atoms with Gasteiger partial charge in [0.2, 0.25) is 10.0 Å². The molecular formula is C37H31N3O6S. The van der Waals surface area contributed by atoms with Gasteiger partial charge in [0.1, 0.15) is 0 Å². The number of benzene rings is 5. The summed E-state index contributed by atoms with van der Waals surface area (Å²) in [5, 5.41) is 11.6. The van der Waals surface area contributed by atoms with Gasteiger partial charge in [-0.25, -0.2) is 8.42 Å². The van der Waals surface area contributed by atoms with Crippen molar-refractivity contribution >= 4 is 27.3 Å². The lowest BCUT2D eigenvalue weighted by Crippen LogP contribution is -2.46. The van der Waals surface area contributed by atoms with E-state index in [1.807, 2.05) is 68.4 Å². The fourth-order valence-electron chi connectivity index (χ4n) is 6.56. The van der Waals surface area contributed by atoms with E-state index in [-0.39, 0.29) is 17.1 Å². The number of carbonyl (C=O) groups is 1. The standard InChI is InChI=1S/C37H31N3O6S/c1-25-12-16-29(17-13-25)35-39(47(44,45)31-22-14-26(2)15-23-31)34(28-18-20-30(21-19-28)40(42)43)37(46-35)32-10-6-7-11-33(32)38(36(37)41)24-27-8-4-3-5-9-27/h3-23,34-35H,24H2,1-2H3/t34-,35-,37+/m0/s1. The minimum Gasteiger partial charge on any atom is -0.335 e. The quantitative estimate of drug-likeness (QED) is 0.138. The summed E-state index contributed by atoms with van der Waals surface area (Å²) in [6.07, 6.45) is -1.21. The van der Waals surface area contributed by atoms with Gasteiger partial charge < -0.3 is 9.64 Å². The molecule has 10 heteroatoms. The molecule has 1 fully saturated rings. The number of nitrogens with zero attached hydrogens (tertiary/aromatic N) is 3. The Hall–Kier alpha value is -5.16. The van der Waals surface area contributed by atoms with Gasteiger partial charge in [0.05, 0.1) is 28.1 Å². The number of anilines is 1. The smallest absolute Gasteiger partial charge is 0.269 e. The normalized spacial score (nSPS) is 20.9. The molecule has 2 heterocycles. The van der Waals surface area contributed by atoms with Crippen molar-refractivity contribution in [2.75, 3.05) is 4.90 Å². The van der Waals surface area contributed by atoms with Crippen LogP contribution < -0.4 is 4.90 Å². The number of rotatable bonds is 7. The maximum Gasteiger partial charge on any atom is 0.269 e. The van der Waals surface area contributed by atoms with Crippen LogP contribution >= 0.6 is 0 Å². The zero-order chi connectivity index (χ0) is 32.9. The third-order valence-corrected chi connectivity index (χ3v) is 10.7. The van der Waals surface area contributed by atoms with Gasteiger partial charge in [0.15, 0.2) is 11.8 Å². The van der Waals surface area contributed by atoms with Crippen molar-refractivity contribution in [1.29, 1.82) is 0 Å². The van der Waals surface area contributed by atoms with E-state index in [2.05, 4.69) is 0 Å². The lowest BCUT2D eigenvalue weighted by molar-refractivity contribution is -0.384. The minimum absolute atomic E-state index is 0.0349. The van der Waals surface area contributed by atoms with Crippen molar-refractivity contribution in [3.05, 3.63) is 171 Å². The molecule has 0 N–H and O–H groups in total. The van der Waals surface area contributed by atoms with Gasteiger partial charge >= 0.3 is 0 Å². The SMILES string of the molecule is Cc1ccc([C@@H]2O[C@@]3(C(=O)N(Cc4ccccc4)c4ccccc43)[C@H](c3ccc([N+](=O)[O-])cc3)N2S(=O)(=O)c2ccc(C)cc2)cc1. The van der Waals surface area contributed by atoms with Crippen LogP contribution in [-0.4, -0.2) is 23.6 Å². The zero-order valence-corrected chi connectivity index (χ0v) is 26.5. The lowest BCUT2D eigenvalue weighted by Gasteiger charge is -2.32. The Bertz CT molecular complexity index is 2090. The summed E-state index contributed by atoms with van der Waals surface area (Å²) in [5.41, 5.74) is 2.80. The minimum atomic E-state index is -4.35. The Morgan fingerprint density at radius 1 is 0.766 bits per heavy atom. The van der Waals surface area contributed by atoms with Crippen LogP contribution in [0.1, 0.15) is 45.7 Å². The second-order valence-electron chi connectivity index (χ2n) is 11.9. The van der Waals surface area contributed by atoms with Gasteiger partial charge in [-0.2, -0.15) is 4.31 Å². The molecule has 1 spiro atoms. The van der Waals surface area contributed by atoms with Crippen LogP contribution in [0.15, 0.2) is 132 Å². The highest BCUT2D eigenvalue weighted by Crippen LogP contribution is 2.61. The van der Waals surface area contributed by atoms with Crippen LogP contribution in [0.4, 0.5) is 11.4 Å². The summed E-state index contributed by atoms with van der Waals surface area (Å²) in [6.45, 7) is 4.03. The Morgan fingerprint density at radius 2 is 1.34 bits per heavy atom. The van der Waals surface area contributed by atoms with Crippen molar-refractivity contribution in [2.24, 2.45) is 0 Å². The molecule has 0 aliphatic carbocycles. The molecule has 0 aromatic heterocycles. The lowest BCUT2D eigenvalue weighted by atomic mass is 9.84. The Labute approximate surface area is 272 Å². The molecule has 236 valence electrons. The molecule has 47 heavy (non-hydrogen) atoms. The number of nitro benzene ring substituents is 1. The van der Waals surface area contributed by atoms with Gasteiger partial charge in [-0.3, -0.25) is 14.9 Å². The van der Waals surface area contributed by atoms with Crippen LogP contribution in [0.3, 0.4) is 0 Å². The molecular weight excluding hydrogens is 614 g/mol. The molecule has 5 aromatic carbocycles. The van der Waals surface area contributed by atoms with Gasteiger partial charge in [-0.05, 0) is 48.7 Å². The Kier molecular flexibility index (Phi) is 7.51. The van der Waals surface area contributed by atoms with Crippen molar-refractivity contribution in [3.63, 3.8) is 0 Å². The predicted octanol–water partition coefficient (Wildman–Crippen LogP) is 7.11. The summed E-state index contributed by atoms with van der Waals surface area (Å²) in [5.74, 6) is -0.426. The molecule has 1 amide bonds. The van der Waals surface area contributed by atoms with Crippen LogP contribution in [0.2, 0.25) is 0 Å². The van der Waals surface area contributed by atoms with E-state index >= 15 is 4.79 Å². The van der Waals surface area contributed by atoms with Crippen LogP contribution in [0, 0.1) is 24.0 Å². The second kappa shape index (κ2) is 11.6. The highest BCUT2D eigenvalue weighted by atomic mass is 32.2. The van der Waals surface area contributed by atoms with Crippen molar-refractivity contribution < 1.29 is 22.9 Å². The Morgan fingerprint density at radius 3 is 1.98 bits per heavy atom. The van der Waals surface area contributed by atoms with Crippen molar-refractivity contribution in [2.45, 2.75) is 43.2 Å².